The molecule has 0 saturated heterocycles. The van der Waals surface area contributed by atoms with Gasteiger partial charge in [0.25, 0.3) is 5.91 Å². The Hall–Kier alpha value is -2.37. The molecule has 0 N–H and O–H groups in total. The lowest BCUT2D eigenvalue weighted by molar-refractivity contribution is 0.0312. The first-order chi connectivity index (χ1) is 13.8. The average Bonchev–Trinajstić information content (AvgIpc) is 3.25. The maximum absolute atomic E-state index is 13.7. The van der Waals surface area contributed by atoms with Gasteiger partial charge in [-0.15, -0.1) is 0 Å². The van der Waals surface area contributed by atoms with Crippen molar-refractivity contribution in [3.05, 3.63) is 36.2 Å². The van der Waals surface area contributed by atoms with Crippen molar-refractivity contribution in [2.45, 2.75) is 69.4 Å². The molecule has 28 heavy (non-hydrogen) atoms. The van der Waals surface area contributed by atoms with Crippen LogP contribution < -0.4 is 9.64 Å². The molecule has 6 heteroatoms. The van der Waals surface area contributed by atoms with Crippen LogP contribution in [0.25, 0.3) is 0 Å². The van der Waals surface area contributed by atoms with Crippen molar-refractivity contribution in [1.82, 2.24) is 14.8 Å². The van der Waals surface area contributed by atoms with E-state index in [1.165, 1.54) is 38.5 Å². The second-order valence-electron chi connectivity index (χ2n) is 8.47. The van der Waals surface area contributed by atoms with Gasteiger partial charge < -0.3 is 4.74 Å². The molecule has 2 heterocycles. The summed E-state index contributed by atoms with van der Waals surface area (Å²) in [6, 6.07) is 7.69. The van der Waals surface area contributed by atoms with Crippen LogP contribution >= 0.6 is 0 Å². The Labute approximate surface area is 165 Å². The van der Waals surface area contributed by atoms with E-state index < -0.39 is 0 Å². The van der Waals surface area contributed by atoms with Gasteiger partial charge in [0.05, 0.1) is 18.2 Å². The van der Waals surface area contributed by atoms with Crippen molar-refractivity contribution in [2.75, 3.05) is 12.0 Å². The SMILES string of the molecule is COc1ccccc1C(=O)N1c2ncnn2C2(CCCCC2)C2CCCCC21. The fraction of sp³-hybridized carbons (Fsp3) is 0.591. The summed E-state index contributed by atoms with van der Waals surface area (Å²) in [7, 11) is 1.62. The minimum atomic E-state index is -0.0192. The molecule has 148 valence electrons. The van der Waals surface area contributed by atoms with Gasteiger partial charge in [-0.3, -0.25) is 9.69 Å². The Kier molecular flexibility index (Phi) is 4.37. The fourth-order valence-electron chi connectivity index (χ4n) is 6.01. The largest absolute Gasteiger partial charge is 0.496 e. The third-order valence-corrected chi connectivity index (χ3v) is 7.19. The highest BCUT2D eigenvalue weighted by atomic mass is 16.5. The molecule has 2 aliphatic carbocycles. The Balaban J connectivity index is 1.64. The first-order valence-electron chi connectivity index (χ1n) is 10.6. The van der Waals surface area contributed by atoms with Crippen molar-refractivity contribution < 1.29 is 9.53 Å². The smallest absolute Gasteiger partial charge is 0.264 e. The van der Waals surface area contributed by atoms with E-state index in [0.717, 1.165) is 25.2 Å². The first kappa shape index (κ1) is 17.7. The number of benzene rings is 1. The van der Waals surface area contributed by atoms with Gasteiger partial charge in [-0.1, -0.05) is 44.2 Å². The fourth-order valence-corrected chi connectivity index (χ4v) is 6.01. The topological polar surface area (TPSA) is 60.2 Å². The zero-order valence-electron chi connectivity index (χ0n) is 16.5. The van der Waals surface area contributed by atoms with Gasteiger partial charge in [0, 0.05) is 12.0 Å². The number of hydrogen-bond donors (Lipinski definition) is 0. The van der Waals surface area contributed by atoms with Crippen LogP contribution in [0.4, 0.5) is 5.95 Å². The number of fused-ring (bicyclic) bond motifs is 4. The second kappa shape index (κ2) is 6.90. The van der Waals surface area contributed by atoms with Crippen LogP contribution in [0.2, 0.25) is 0 Å². The molecule has 0 radical (unpaired) electrons. The lowest BCUT2D eigenvalue weighted by atomic mass is 9.64. The van der Waals surface area contributed by atoms with Gasteiger partial charge >= 0.3 is 0 Å². The molecule has 5 rings (SSSR count). The van der Waals surface area contributed by atoms with Crippen molar-refractivity contribution in [1.29, 1.82) is 0 Å². The number of nitrogens with zero attached hydrogens (tertiary/aromatic N) is 4. The summed E-state index contributed by atoms with van der Waals surface area (Å²) in [6.07, 6.45) is 12.3. The summed E-state index contributed by atoms with van der Waals surface area (Å²) in [5.74, 6) is 1.77. The van der Waals surface area contributed by atoms with Gasteiger partial charge in [-0.25, -0.2) is 4.68 Å². The molecule has 2 atom stereocenters. The van der Waals surface area contributed by atoms with E-state index in [0.29, 0.717) is 17.2 Å². The monoisotopic (exact) mass is 380 g/mol. The molecule has 3 aliphatic rings. The Morgan fingerprint density at radius 3 is 2.71 bits per heavy atom. The lowest BCUT2D eigenvalue weighted by Crippen LogP contribution is -2.61. The van der Waals surface area contributed by atoms with E-state index in [4.69, 9.17) is 4.74 Å². The first-order valence-corrected chi connectivity index (χ1v) is 10.6. The quantitative estimate of drug-likeness (QED) is 0.785. The second-order valence-corrected chi connectivity index (χ2v) is 8.47. The molecule has 2 fully saturated rings. The molecule has 1 aliphatic heterocycles. The van der Waals surface area contributed by atoms with Crippen LogP contribution in [-0.4, -0.2) is 33.8 Å². The summed E-state index contributed by atoms with van der Waals surface area (Å²) in [5.41, 5.74) is 0.635. The predicted molar refractivity (Wildman–Crippen MR) is 107 cm³/mol. The third-order valence-electron chi connectivity index (χ3n) is 7.19. The van der Waals surface area contributed by atoms with E-state index in [9.17, 15) is 4.79 Å². The number of carbonyl (C=O) groups excluding carboxylic acids is 1. The van der Waals surface area contributed by atoms with Gasteiger partial charge in [0.15, 0.2) is 0 Å². The highest BCUT2D eigenvalue weighted by Gasteiger charge is 2.54. The molecule has 1 aromatic heterocycles. The van der Waals surface area contributed by atoms with Gasteiger partial charge in [-0.2, -0.15) is 10.1 Å². The maximum atomic E-state index is 13.7. The van der Waals surface area contributed by atoms with E-state index in [-0.39, 0.29) is 17.5 Å². The van der Waals surface area contributed by atoms with Crippen molar-refractivity contribution in [3.8, 4) is 5.75 Å². The van der Waals surface area contributed by atoms with Gasteiger partial charge in [0.1, 0.15) is 12.1 Å². The molecule has 1 amide bonds. The Morgan fingerprint density at radius 1 is 1.11 bits per heavy atom. The summed E-state index contributed by atoms with van der Waals surface area (Å²) >= 11 is 0. The third kappa shape index (κ3) is 2.50. The van der Waals surface area contributed by atoms with E-state index in [1.807, 2.05) is 29.2 Å². The number of hydrogen-bond acceptors (Lipinski definition) is 4. The Bertz CT molecular complexity index is 871. The number of carbonyl (C=O) groups is 1. The predicted octanol–water partition coefficient (Wildman–Crippen LogP) is 4.17. The van der Waals surface area contributed by atoms with E-state index >= 15 is 0 Å². The highest BCUT2D eigenvalue weighted by Crippen LogP contribution is 2.52. The molecule has 6 nitrogen and oxygen atoms in total. The number of rotatable bonds is 2. The van der Waals surface area contributed by atoms with E-state index in [2.05, 4.69) is 14.8 Å². The lowest BCUT2D eigenvalue weighted by Gasteiger charge is -2.55. The normalized spacial score (nSPS) is 25.8. The summed E-state index contributed by atoms with van der Waals surface area (Å²) in [5, 5.41) is 4.67. The van der Waals surface area contributed by atoms with Crippen LogP contribution in [0.15, 0.2) is 30.6 Å². The molecule has 2 saturated carbocycles. The number of methoxy groups -OCH3 is 1. The minimum Gasteiger partial charge on any atom is -0.496 e. The molecular formula is C22H28N4O2. The van der Waals surface area contributed by atoms with Gasteiger partial charge in [0.2, 0.25) is 5.95 Å². The molecule has 0 bridgehead atoms. The Morgan fingerprint density at radius 2 is 1.89 bits per heavy atom. The van der Waals surface area contributed by atoms with Crippen molar-refractivity contribution in [2.24, 2.45) is 5.92 Å². The van der Waals surface area contributed by atoms with Crippen LogP contribution in [0, 0.1) is 5.92 Å². The number of anilines is 1. The zero-order valence-corrected chi connectivity index (χ0v) is 16.5. The molecule has 1 spiro atoms. The number of ether oxygens (including phenoxy) is 1. The van der Waals surface area contributed by atoms with Crippen LogP contribution in [0.1, 0.15) is 68.1 Å². The van der Waals surface area contributed by atoms with Crippen molar-refractivity contribution in [3.63, 3.8) is 0 Å². The number of amides is 1. The van der Waals surface area contributed by atoms with Crippen LogP contribution in [-0.2, 0) is 5.54 Å². The average molecular weight is 380 g/mol. The van der Waals surface area contributed by atoms with Crippen molar-refractivity contribution >= 4 is 11.9 Å². The van der Waals surface area contributed by atoms with E-state index in [1.54, 1.807) is 13.4 Å². The minimum absolute atomic E-state index is 0.0192. The molecule has 2 unspecified atom stereocenters. The summed E-state index contributed by atoms with van der Waals surface area (Å²) in [4.78, 5) is 20.3. The van der Waals surface area contributed by atoms with Crippen LogP contribution in [0.3, 0.4) is 0 Å². The van der Waals surface area contributed by atoms with Gasteiger partial charge in [-0.05, 0) is 37.8 Å². The standard InChI is InChI=1S/C22H28N4O2/c1-28-19-12-6-3-9-16(19)20(27)25-18-11-5-4-10-17(18)22(13-7-2-8-14-22)26-21(25)23-15-24-26/h3,6,9,12,15,17-18H,2,4-5,7-8,10-11,13-14H2,1H3. The summed E-state index contributed by atoms with van der Waals surface area (Å²) < 4.78 is 7.60. The maximum Gasteiger partial charge on any atom is 0.264 e. The molecule has 1 aromatic carbocycles. The zero-order chi connectivity index (χ0) is 19.1. The molecule has 2 aromatic rings. The summed E-state index contributed by atoms with van der Waals surface area (Å²) in [6.45, 7) is 0. The number of para-hydroxylation sites is 1. The molecular weight excluding hydrogens is 352 g/mol. The van der Waals surface area contributed by atoms with Crippen LogP contribution in [0.5, 0.6) is 5.75 Å². The highest BCUT2D eigenvalue weighted by molar-refractivity contribution is 6.07. The number of aromatic nitrogens is 3.